The van der Waals surface area contributed by atoms with Gasteiger partial charge in [0.05, 0.1) is 6.10 Å². The lowest BCUT2D eigenvalue weighted by molar-refractivity contribution is -0.0248. The Balaban J connectivity index is 2.23. The van der Waals surface area contributed by atoms with Crippen molar-refractivity contribution in [2.75, 3.05) is 13.1 Å². The monoisotopic (exact) mass is 313 g/mol. The van der Waals surface area contributed by atoms with Crippen LogP contribution in [-0.2, 0) is 6.42 Å². The molecule has 2 rings (SSSR count). The molecule has 118 valence electrons. The molecule has 4 heteroatoms. The highest BCUT2D eigenvalue weighted by Gasteiger charge is 2.44. The Labute approximate surface area is 131 Å². The fraction of sp³-hybridized carbons (Fsp3) is 0.647. The fourth-order valence-corrected chi connectivity index (χ4v) is 3.99. The van der Waals surface area contributed by atoms with Gasteiger partial charge < -0.3 is 5.11 Å². The predicted molar refractivity (Wildman–Crippen MR) is 85.2 cm³/mol. The summed E-state index contributed by atoms with van der Waals surface area (Å²) in [5.41, 5.74) is 0.298. The van der Waals surface area contributed by atoms with Crippen molar-refractivity contribution in [3.8, 4) is 0 Å². The van der Waals surface area contributed by atoms with Crippen LogP contribution < -0.4 is 0 Å². The molecule has 2 nitrogen and oxygen atoms in total. The zero-order valence-corrected chi connectivity index (χ0v) is 13.7. The highest BCUT2D eigenvalue weighted by molar-refractivity contribution is 6.30. The van der Waals surface area contributed by atoms with Gasteiger partial charge in [0, 0.05) is 17.0 Å². The first-order chi connectivity index (χ1) is 10.0. The molecule has 0 amide bonds. The highest BCUT2D eigenvalue weighted by atomic mass is 35.5. The Morgan fingerprint density at radius 3 is 2.48 bits per heavy atom. The molecule has 0 spiro atoms. The second-order valence-corrected chi connectivity index (χ2v) is 6.38. The SMILES string of the molecule is CCN(CC)C1(C(O)Cc2cc(Cl)ccc2F)CCCC1. The van der Waals surface area contributed by atoms with Gasteiger partial charge in [-0.2, -0.15) is 0 Å². The molecule has 1 saturated carbocycles. The average molecular weight is 314 g/mol. The highest BCUT2D eigenvalue weighted by Crippen LogP contribution is 2.39. The Hall–Kier alpha value is -0.640. The van der Waals surface area contributed by atoms with Gasteiger partial charge in [-0.1, -0.05) is 38.3 Å². The standard InChI is InChI=1S/C17H25ClFNO/c1-3-20(4-2)17(9-5-6-10-17)16(21)12-13-11-14(18)7-8-15(13)19/h7-8,11,16,21H,3-6,9-10,12H2,1-2H3. The van der Waals surface area contributed by atoms with Crippen molar-refractivity contribution >= 4 is 11.6 Å². The molecule has 0 aromatic heterocycles. The number of hydrogen-bond acceptors (Lipinski definition) is 2. The molecular formula is C17H25ClFNO. The van der Waals surface area contributed by atoms with E-state index in [-0.39, 0.29) is 11.4 Å². The predicted octanol–water partition coefficient (Wildman–Crippen LogP) is 4.04. The molecule has 0 saturated heterocycles. The van der Waals surface area contributed by atoms with Crippen LogP contribution in [0.2, 0.25) is 5.02 Å². The molecule has 0 radical (unpaired) electrons. The Morgan fingerprint density at radius 1 is 1.29 bits per heavy atom. The lowest BCUT2D eigenvalue weighted by Crippen LogP contribution is -2.55. The molecule has 1 aliphatic carbocycles. The van der Waals surface area contributed by atoms with Gasteiger partial charge in [-0.15, -0.1) is 0 Å². The van der Waals surface area contributed by atoms with Gasteiger partial charge in [0.15, 0.2) is 0 Å². The van der Waals surface area contributed by atoms with Crippen molar-refractivity contribution in [2.24, 2.45) is 0 Å². The first-order valence-electron chi connectivity index (χ1n) is 7.90. The quantitative estimate of drug-likeness (QED) is 0.857. The van der Waals surface area contributed by atoms with Crippen molar-refractivity contribution < 1.29 is 9.50 Å². The number of benzene rings is 1. The molecule has 21 heavy (non-hydrogen) atoms. The minimum atomic E-state index is -0.562. The molecule has 1 unspecified atom stereocenters. The summed E-state index contributed by atoms with van der Waals surface area (Å²) in [7, 11) is 0. The van der Waals surface area contributed by atoms with E-state index in [1.54, 1.807) is 12.1 Å². The molecular weight excluding hydrogens is 289 g/mol. The number of aliphatic hydroxyl groups is 1. The zero-order valence-electron chi connectivity index (χ0n) is 12.9. The van der Waals surface area contributed by atoms with Crippen LogP contribution in [0.1, 0.15) is 45.1 Å². The van der Waals surface area contributed by atoms with Crippen molar-refractivity contribution in [3.63, 3.8) is 0 Å². The molecule has 0 heterocycles. The molecule has 1 N–H and O–H groups in total. The van der Waals surface area contributed by atoms with Crippen LogP contribution in [-0.4, -0.2) is 34.7 Å². The smallest absolute Gasteiger partial charge is 0.126 e. The first kappa shape index (κ1) is 16.7. The van der Waals surface area contributed by atoms with Crippen molar-refractivity contribution in [2.45, 2.75) is 57.6 Å². The number of hydrogen-bond donors (Lipinski definition) is 1. The van der Waals surface area contributed by atoms with Gasteiger partial charge in [0.25, 0.3) is 0 Å². The van der Waals surface area contributed by atoms with Crippen LogP contribution in [0.15, 0.2) is 18.2 Å². The maximum atomic E-state index is 13.9. The van der Waals surface area contributed by atoms with Crippen LogP contribution in [0.25, 0.3) is 0 Å². The van der Waals surface area contributed by atoms with Gasteiger partial charge in [-0.3, -0.25) is 4.90 Å². The lowest BCUT2D eigenvalue weighted by atomic mass is 9.84. The molecule has 1 aromatic rings. The number of likely N-dealkylation sites (N-methyl/N-ethyl adjacent to an activating group) is 1. The van der Waals surface area contributed by atoms with Gasteiger partial charge in [-0.05, 0) is 49.7 Å². The molecule has 1 aromatic carbocycles. The Morgan fingerprint density at radius 2 is 1.90 bits per heavy atom. The van der Waals surface area contributed by atoms with Crippen LogP contribution in [0, 0.1) is 5.82 Å². The fourth-order valence-electron chi connectivity index (χ4n) is 3.80. The van der Waals surface area contributed by atoms with Crippen LogP contribution in [0.5, 0.6) is 0 Å². The van der Waals surface area contributed by atoms with Crippen LogP contribution >= 0.6 is 11.6 Å². The number of nitrogens with zero attached hydrogens (tertiary/aromatic N) is 1. The molecule has 0 aliphatic heterocycles. The van der Waals surface area contributed by atoms with Gasteiger partial charge in [0.2, 0.25) is 0 Å². The van der Waals surface area contributed by atoms with E-state index >= 15 is 0 Å². The maximum absolute atomic E-state index is 13.9. The summed E-state index contributed by atoms with van der Waals surface area (Å²) in [6.45, 7) is 6.06. The maximum Gasteiger partial charge on any atom is 0.126 e. The van der Waals surface area contributed by atoms with E-state index in [2.05, 4.69) is 18.7 Å². The number of aliphatic hydroxyl groups excluding tert-OH is 1. The third-order valence-corrected chi connectivity index (χ3v) is 5.14. The van der Waals surface area contributed by atoms with E-state index in [9.17, 15) is 9.50 Å². The van der Waals surface area contributed by atoms with Gasteiger partial charge in [0.1, 0.15) is 5.82 Å². The average Bonchev–Trinajstić information content (AvgIpc) is 2.95. The summed E-state index contributed by atoms with van der Waals surface area (Å²) >= 11 is 5.95. The number of halogens is 2. The minimum absolute atomic E-state index is 0.210. The zero-order chi connectivity index (χ0) is 15.5. The Kier molecular flexibility index (Phi) is 5.64. The van der Waals surface area contributed by atoms with E-state index in [0.29, 0.717) is 17.0 Å². The molecule has 1 aliphatic rings. The third-order valence-electron chi connectivity index (χ3n) is 4.90. The van der Waals surface area contributed by atoms with E-state index < -0.39 is 6.10 Å². The van der Waals surface area contributed by atoms with E-state index in [1.165, 1.54) is 6.07 Å². The molecule has 0 bridgehead atoms. The van der Waals surface area contributed by atoms with Crippen LogP contribution in [0.3, 0.4) is 0 Å². The van der Waals surface area contributed by atoms with Gasteiger partial charge >= 0.3 is 0 Å². The number of rotatable bonds is 6. The summed E-state index contributed by atoms with van der Waals surface area (Å²) in [5, 5.41) is 11.4. The normalized spacial score (nSPS) is 19.1. The van der Waals surface area contributed by atoms with Crippen molar-refractivity contribution in [1.29, 1.82) is 0 Å². The minimum Gasteiger partial charge on any atom is -0.391 e. The van der Waals surface area contributed by atoms with E-state index in [0.717, 1.165) is 38.8 Å². The van der Waals surface area contributed by atoms with Crippen LogP contribution in [0.4, 0.5) is 4.39 Å². The second kappa shape index (κ2) is 7.08. The summed E-state index contributed by atoms with van der Waals surface area (Å²) in [6, 6.07) is 4.55. The van der Waals surface area contributed by atoms with E-state index in [1.807, 2.05) is 0 Å². The summed E-state index contributed by atoms with van der Waals surface area (Å²) in [4.78, 5) is 2.34. The topological polar surface area (TPSA) is 23.5 Å². The Bertz CT molecular complexity index is 470. The summed E-state index contributed by atoms with van der Waals surface area (Å²) in [6.07, 6.45) is 3.99. The summed E-state index contributed by atoms with van der Waals surface area (Å²) in [5.74, 6) is -0.286. The first-order valence-corrected chi connectivity index (χ1v) is 8.28. The van der Waals surface area contributed by atoms with Crippen molar-refractivity contribution in [3.05, 3.63) is 34.6 Å². The summed E-state index contributed by atoms with van der Waals surface area (Å²) < 4.78 is 13.9. The largest absolute Gasteiger partial charge is 0.391 e. The molecule has 1 atom stereocenters. The second-order valence-electron chi connectivity index (χ2n) is 5.94. The van der Waals surface area contributed by atoms with Gasteiger partial charge in [-0.25, -0.2) is 4.39 Å². The molecule has 1 fully saturated rings. The van der Waals surface area contributed by atoms with E-state index in [4.69, 9.17) is 11.6 Å². The third kappa shape index (κ3) is 3.41. The lowest BCUT2D eigenvalue weighted by Gasteiger charge is -2.44. The van der Waals surface area contributed by atoms with Crippen molar-refractivity contribution in [1.82, 2.24) is 4.90 Å².